The van der Waals surface area contributed by atoms with E-state index in [0.29, 0.717) is 18.3 Å². The first-order chi connectivity index (χ1) is 13.2. The van der Waals surface area contributed by atoms with Crippen LogP contribution in [0.1, 0.15) is 18.4 Å². The van der Waals surface area contributed by atoms with Crippen molar-refractivity contribution >= 4 is 28.1 Å². The van der Waals surface area contributed by atoms with Crippen molar-refractivity contribution in [3.05, 3.63) is 52.7 Å². The van der Waals surface area contributed by atoms with Gasteiger partial charge < -0.3 is 10.6 Å². The maximum Gasteiger partial charge on any atom is 0.191 e. The zero-order chi connectivity index (χ0) is 18.9. The predicted octanol–water partition coefficient (Wildman–Crippen LogP) is 2.69. The second kappa shape index (κ2) is 10.6. The second-order valence-electron chi connectivity index (χ2n) is 6.69. The monoisotopic (exact) mass is 404 g/mol. The van der Waals surface area contributed by atoms with Crippen LogP contribution in [0.2, 0.25) is 0 Å². The van der Waals surface area contributed by atoms with Crippen LogP contribution >= 0.6 is 11.3 Å². The van der Waals surface area contributed by atoms with Gasteiger partial charge in [0.1, 0.15) is 0 Å². The Kier molecular flexibility index (Phi) is 7.86. The average Bonchev–Trinajstić information content (AvgIpc) is 3.22. The maximum absolute atomic E-state index is 12.3. The highest BCUT2D eigenvalue weighted by molar-refractivity contribution is 7.85. The summed E-state index contributed by atoms with van der Waals surface area (Å²) < 4.78 is 12.3. The minimum atomic E-state index is -0.980. The van der Waals surface area contributed by atoms with Gasteiger partial charge in [0.2, 0.25) is 0 Å². The van der Waals surface area contributed by atoms with Crippen molar-refractivity contribution in [3.63, 3.8) is 0 Å². The molecule has 2 aromatic rings. The highest BCUT2D eigenvalue weighted by Crippen LogP contribution is 2.15. The Labute approximate surface area is 168 Å². The molecule has 0 amide bonds. The quantitative estimate of drug-likeness (QED) is 0.550. The number of hydrogen-bond acceptors (Lipinski definition) is 4. The number of aliphatic imine (C=N–C) groups is 1. The molecule has 1 aromatic heterocycles. The third-order valence-electron chi connectivity index (χ3n) is 4.72. The lowest BCUT2D eigenvalue weighted by atomic mass is 10.0. The first kappa shape index (κ1) is 20.0. The van der Waals surface area contributed by atoms with E-state index >= 15 is 0 Å². The number of rotatable bonds is 7. The molecular weight excluding hydrogens is 376 g/mol. The number of likely N-dealkylation sites (tertiary alicyclic amines) is 1. The van der Waals surface area contributed by atoms with E-state index in [4.69, 9.17) is 0 Å². The van der Waals surface area contributed by atoms with E-state index in [9.17, 15) is 4.21 Å². The van der Waals surface area contributed by atoms with Gasteiger partial charge in [-0.05, 0) is 47.4 Å². The molecule has 0 spiro atoms. The summed E-state index contributed by atoms with van der Waals surface area (Å²) in [6, 6.07) is 12.3. The van der Waals surface area contributed by atoms with Crippen LogP contribution in [-0.4, -0.2) is 53.5 Å². The van der Waals surface area contributed by atoms with E-state index in [0.717, 1.165) is 43.3 Å². The van der Waals surface area contributed by atoms with Gasteiger partial charge in [0, 0.05) is 49.9 Å². The summed E-state index contributed by atoms with van der Waals surface area (Å²) in [6.07, 6.45) is 2.22. The Morgan fingerprint density at radius 2 is 2.04 bits per heavy atom. The highest BCUT2D eigenvalue weighted by Gasteiger charge is 2.20. The molecular formula is C20H28N4OS2. The van der Waals surface area contributed by atoms with E-state index in [-0.39, 0.29) is 0 Å². The summed E-state index contributed by atoms with van der Waals surface area (Å²) in [5, 5.41) is 11.2. The molecule has 1 fully saturated rings. The zero-order valence-electron chi connectivity index (χ0n) is 15.8. The Morgan fingerprint density at radius 1 is 1.26 bits per heavy atom. The molecule has 1 unspecified atom stereocenters. The van der Waals surface area contributed by atoms with Crippen molar-refractivity contribution in [1.82, 2.24) is 15.5 Å². The minimum absolute atomic E-state index is 0.439. The maximum atomic E-state index is 12.3. The summed E-state index contributed by atoms with van der Waals surface area (Å²) in [5.41, 5.74) is 1.41. The average molecular weight is 405 g/mol. The summed E-state index contributed by atoms with van der Waals surface area (Å²) in [6.45, 7) is 3.89. The molecule has 1 atom stereocenters. The number of nitrogens with zero attached hydrogens (tertiary/aromatic N) is 2. The van der Waals surface area contributed by atoms with Gasteiger partial charge in [-0.15, -0.1) is 0 Å². The standard InChI is InChI=1S/C20H28N4OS2/c1-21-20(22-10-14-27(25)19-5-3-2-4-6-19)23-18-7-11-24(12-8-18)15-17-9-13-26-16-17/h2-6,9,13,16,18H,7-8,10-12,14-15H2,1H3,(H2,21,22,23). The van der Waals surface area contributed by atoms with E-state index in [1.807, 2.05) is 30.3 Å². The van der Waals surface area contributed by atoms with Gasteiger partial charge in [0.25, 0.3) is 0 Å². The second-order valence-corrected chi connectivity index (χ2v) is 9.04. The molecule has 1 aliphatic rings. The van der Waals surface area contributed by atoms with Crippen LogP contribution in [0.3, 0.4) is 0 Å². The lowest BCUT2D eigenvalue weighted by molar-refractivity contribution is 0.198. The summed E-state index contributed by atoms with van der Waals surface area (Å²) in [5.74, 6) is 1.38. The highest BCUT2D eigenvalue weighted by atomic mass is 32.2. The molecule has 0 radical (unpaired) electrons. The molecule has 27 heavy (non-hydrogen) atoms. The molecule has 2 heterocycles. The van der Waals surface area contributed by atoms with Crippen molar-refractivity contribution in [2.75, 3.05) is 32.4 Å². The number of hydrogen-bond donors (Lipinski definition) is 2. The molecule has 2 N–H and O–H groups in total. The number of guanidine groups is 1. The van der Waals surface area contributed by atoms with Crippen LogP contribution in [0.15, 0.2) is 57.0 Å². The fourth-order valence-electron chi connectivity index (χ4n) is 3.22. The molecule has 3 rings (SSSR count). The summed E-state index contributed by atoms with van der Waals surface area (Å²) in [4.78, 5) is 7.70. The number of benzene rings is 1. The lowest BCUT2D eigenvalue weighted by Gasteiger charge is -2.32. The van der Waals surface area contributed by atoms with Crippen molar-refractivity contribution < 1.29 is 4.21 Å². The molecule has 0 bridgehead atoms. The smallest absolute Gasteiger partial charge is 0.191 e. The molecule has 5 nitrogen and oxygen atoms in total. The van der Waals surface area contributed by atoms with Crippen LogP contribution in [0.5, 0.6) is 0 Å². The van der Waals surface area contributed by atoms with Gasteiger partial charge >= 0.3 is 0 Å². The Hall–Kier alpha value is -1.70. The fourth-order valence-corrected chi connectivity index (χ4v) is 4.86. The molecule has 1 saturated heterocycles. The van der Waals surface area contributed by atoms with E-state index < -0.39 is 10.8 Å². The minimum Gasteiger partial charge on any atom is -0.355 e. The number of nitrogens with one attached hydrogen (secondary N) is 2. The van der Waals surface area contributed by atoms with Gasteiger partial charge in [-0.2, -0.15) is 11.3 Å². The van der Waals surface area contributed by atoms with Crippen molar-refractivity contribution in [1.29, 1.82) is 0 Å². The van der Waals surface area contributed by atoms with E-state index in [1.54, 1.807) is 18.4 Å². The molecule has 0 aliphatic carbocycles. The molecule has 0 saturated carbocycles. The van der Waals surface area contributed by atoms with Crippen LogP contribution < -0.4 is 10.6 Å². The first-order valence-electron chi connectivity index (χ1n) is 9.38. The Balaban J connectivity index is 1.36. The predicted molar refractivity (Wildman–Crippen MR) is 115 cm³/mol. The topological polar surface area (TPSA) is 56.7 Å². The van der Waals surface area contributed by atoms with Crippen LogP contribution in [0, 0.1) is 0 Å². The largest absolute Gasteiger partial charge is 0.355 e. The normalized spacial score (nSPS) is 17.6. The van der Waals surface area contributed by atoms with Gasteiger partial charge in [-0.25, -0.2) is 0 Å². The van der Waals surface area contributed by atoms with Gasteiger partial charge in [0.05, 0.1) is 10.8 Å². The Morgan fingerprint density at radius 3 is 2.70 bits per heavy atom. The summed E-state index contributed by atoms with van der Waals surface area (Å²) >= 11 is 1.76. The van der Waals surface area contributed by atoms with Gasteiger partial charge in [0.15, 0.2) is 5.96 Å². The van der Waals surface area contributed by atoms with Crippen LogP contribution in [-0.2, 0) is 17.3 Å². The third kappa shape index (κ3) is 6.45. The molecule has 1 aliphatic heterocycles. The summed E-state index contributed by atoms with van der Waals surface area (Å²) in [7, 11) is 0.806. The van der Waals surface area contributed by atoms with Crippen LogP contribution in [0.25, 0.3) is 0 Å². The SMILES string of the molecule is CN=C(NCCS(=O)c1ccccc1)NC1CCN(Cc2ccsc2)CC1. The number of thiophene rings is 1. The Bertz CT molecular complexity index is 726. The number of piperidine rings is 1. The molecule has 146 valence electrons. The van der Waals surface area contributed by atoms with E-state index in [1.165, 1.54) is 5.56 Å². The first-order valence-corrected chi connectivity index (χ1v) is 11.6. The van der Waals surface area contributed by atoms with Gasteiger partial charge in [-0.3, -0.25) is 14.1 Å². The lowest BCUT2D eigenvalue weighted by Crippen LogP contribution is -2.49. The third-order valence-corrected chi connectivity index (χ3v) is 6.83. The van der Waals surface area contributed by atoms with Crippen molar-refractivity contribution in [2.24, 2.45) is 4.99 Å². The van der Waals surface area contributed by atoms with Crippen molar-refractivity contribution in [2.45, 2.75) is 30.3 Å². The fraction of sp³-hybridized carbons (Fsp3) is 0.450. The molecule has 7 heteroatoms. The zero-order valence-corrected chi connectivity index (χ0v) is 17.4. The van der Waals surface area contributed by atoms with Crippen LogP contribution in [0.4, 0.5) is 0 Å². The van der Waals surface area contributed by atoms with E-state index in [2.05, 4.69) is 37.4 Å². The van der Waals surface area contributed by atoms with Crippen molar-refractivity contribution in [3.8, 4) is 0 Å². The van der Waals surface area contributed by atoms with Gasteiger partial charge in [-0.1, -0.05) is 18.2 Å². The molecule has 1 aromatic carbocycles.